The Morgan fingerprint density at radius 1 is 0.946 bits per heavy atom. The van der Waals surface area contributed by atoms with Crippen molar-refractivity contribution in [2.24, 2.45) is 5.92 Å². The first-order chi connectivity index (χ1) is 18.1. The van der Waals surface area contributed by atoms with Gasteiger partial charge in [-0.15, -0.1) is 0 Å². The maximum Gasteiger partial charge on any atom is 0.248 e. The zero-order valence-electron chi connectivity index (χ0n) is 22.3. The number of rotatable bonds is 11. The van der Waals surface area contributed by atoms with Crippen LogP contribution in [0.3, 0.4) is 0 Å². The summed E-state index contributed by atoms with van der Waals surface area (Å²) in [6.45, 7) is 9.74. The van der Waals surface area contributed by atoms with Gasteiger partial charge in [0, 0.05) is 75.6 Å². The lowest BCUT2D eigenvalue weighted by Crippen LogP contribution is -2.49. The van der Waals surface area contributed by atoms with Crippen LogP contribution in [-0.2, 0) is 9.59 Å². The molecule has 2 aromatic carbocycles. The van der Waals surface area contributed by atoms with E-state index in [-0.39, 0.29) is 5.91 Å². The zero-order valence-corrected chi connectivity index (χ0v) is 22.3. The number of nitrogens with zero attached hydrogens (tertiary/aromatic N) is 3. The molecule has 3 N–H and O–H groups in total. The summed E-state index contributed by atoms with van der Waals surface area (Å²) in [6, 6.07) is 16.6. The fourth-order valence-corrected chi connectivity index (χ4v) is 5.48. The smallest absolute Gasteiger partial charge is 0.248 e. The highest BCUT2D eigenvalue weighted by Crippen LogP contribution is 2.27. The molecule has 2 amide bonds. The maximum absolute atomic E-state index is 12.2. The fraction of sp³-hybridized carbons (Fsp3) is 0.517. The van der Waals surface area contributed by atoms with Gasteiger partial charge in [0.05, 0.1) is 0 Å². The Morgan fingerprint density at radius 2 is 1.65 bits per heavy atom. The molecular formula is C29H42N6O2. The highest BCUT2D eigenvalue weighted by molar-refractivity contribution is 5.91. The van der Waals surface area contributed by atoms with Gasteiger partial charge in [0.2, 0.25) is 12.3 Å². The first kappa shape index (κ1) is 26.8. The number of nitrogens with one attached hydrogen (secondary N) is 3. The largest absolute Gasteiger partial charge is 0.388 e. The molecule has 0 bridgehead atoms. The van der Waals surface area contributed by atoms with E-state index in [9.17, 15) is 9.59 Å². The van der Waals surface area contributed by atoms with E-state index in [2.05, 4.69) is 67.0 Å². The van der Waals surface area contributed by atoms with Crippen molar-refractivity contribution in [3.05, 3.63) is 48.5 Å². The summed E-state index contributed by atoms with van der Waals surface area (Å²) < 4.78 is 0. The molecule has 37 heavy (non-hydrogen) atoms. The molecule has 1 atom stereocenters. The molecule has 2 aliphatic rings. The molecule has 200 valence electrons. The summed E-state index contributed by atoms with van der Waals surface area (Å²) in [7, 11) is 1.95. The third-order valence-electron chi connectivity index (χ3n) is 7.67. The molecule has 8 heteroatoms. The molecule has 1 unspecified atom stereocenters. The third kappa shape index (κ3) is 7.38. The molecule has 2 aliphatic heterocycles. The Bertz CT molecular complexity index is 998. The Balaban J connectivity index is 1.23. The molecule has 8 nitrogen and oxygen atoms in total. The molecule has 0 aromatic heterocycles. The van der Waals surface area contributed by atoms with Crippen molar-refractivity contribution in [1.29, 1.82) is 0 Å². The number of carbonyl (C=O) groups excluding carboxylic acids is 2. The topological polar surface area (TPSA) is 80.0 Å². The van der Waals surface area contributed by atoms with Gasteiger partial charge in [0.1, 0.15) is 6.04 Å². The van der Waals surface area contributed by atoms with Crippen molar-refractivity contribution in [3.63, 3.8) is 0 Å². The van der Waals surface area contributed by atoms with E-state index < -0.39 is 6.04 Å². The van der Waals surface area contributed by atoms with Crippen LogP contribution in [0, 0.1) is 5.92 Å². The van der Waals surface area contributed by atoms with Crippen molar-refractivity contribution in [2.75, 3.05) is 73.3 Å². The summed E-state index contributed by atoms with van der Waals surface area (Å²) in [5, 5.41) is 8.78. The SMILES string of the molecule is CCCC(Nc1cccc(N2CCC(CN3CCN(c4ccc(NC)cc4)CC3)CC2)c1)C(=O)NC=O. The van der Waals surface area contributed by atoms with E-state index in [1.807, 2.05) is 26.1 Å². The van der Waals surface area contributed by atoms with Gasteiger partial charge in [-0.1, -0.05) is 19.4 Å². The highest BCUT2D eigenvalue weighted by atomic mass is 16.2. The van der Waals surface area contributed by atoms with Crippen LogP contribution in [0.25, 0.3) is 0 Å². The molecule has 0 aliphatic carbocycles. The van der Waals surface area contributed by atoms with Crippen LogP contribution in [0.5, 0.6) is 0 Å². The number of carbonyl (C=O) groups is 2. The average molecular weight is 507 g/mol. The number of hydrogen-bond acceptors (Lipinski definition) is 7. The predicted molar refractivity (Wildman–Crippen MR) is 153 cm³/mol. The summed E-state index contributed by atoms with van der Waals surface area (Å²) in [5.41, 5.74) is 4.57. The molecular weight excluding hydrogens is 464 g/mol. The number of hydrogen-bond donors (Lipinski definition) is 3. The molecule has 0 spiro atoms. The minimum absolute atomic E-state index is 0.282. The van der Waals surface area contributed by atoms with Crippen LogP contribution in [0.1, 0.15) is 32.6 Å². The van der Waals surface area contributed by atoms with E-state index in [0.29, 0.717) is 12.8 Å². The Labute approximate surface area is 221 Å². The van der Waals surface area contributed by atoms with Crippen molar-refractivity contribution in [1.82, 2.24) is 10.2 Å². The monoisotopic (exact) mass is 506 g/mol. The van der Waals surface area contributed by atoms with Gasteiger partial charge >= 0.3 is 0 Å². The molecule has 0 radical (unpaired) electrons. The fourth-order valence-electron chi connectivity index (χ4n) is 5.48. The lowest BCUT2D eigenvalue weighted by atomic mass is 9.95. The lowest BCUT2D eigenvalue weighted by Gasteiger charge is -2.40. The number of anilines is 4. The van der Waals surface area contributed by atoms with Crippen LogP contribution in [0.15, 0.2) is 48.5 Å². The second-order valence-corrected chi connectivity index (χ2v) is 10.2. The Hall–Kier alpha value is -3.26. The molecule has 4 rings (SSSR count). The number of piperazine rings is 1. The molecule has 2 aromatic rings. The van der Waals surface area contributed by atoms with Gasteiger partial charge in [-0.05, 0) is 67.6 Å². The summed E-state index contributed by atoms with van der Waals surface area (Å²) in [5.74, 6) is 0.454. The Kier molecular flexibility index (Phi) is 9.65. The summed E-state index contributed by atoms with van der Waals surface area (Å²) >= 11 is 0. The van der Waals surface area contributed by atoms with Gasteiger partial charge in [-0.3, -0.25) is 19.8 Å². The van der Waals surface area contributed by atoms with Crippen molar-refractivity contribution in [3.8, 4) is 0 Å². The quantitative estimate of drug-likeness (QED) is 0.402. The van der Waals surface area contributed by atoms with Crippen molar-refractivity contribution < 1.29 is 9.59 Å². The normalized spacial score (nSPS) is 17.8. The average Bonchev–Trinajstić information content (AvgIpc) is 2.94. The van der Waals surface area contributed by atoms with Gasteiger partial charge in [0.15, 0.2) is 0 Å². The number of amides is 2. The van der Waals surface area contributed by atoms with Crippen LogP contribution >= 0.6 is 0 Å². The van der Waals surface area contributed by atoms with Crippen molar-refractivity contribution >= 4 is 35.1 Å². The highest BCUT2D eigenvalue weighted by Gasteiger charge is 2.25. The van der Waals surface area contributed by atoms with E-state index in [4.69, 9.17) is 0 Å². The van der Waals surface area contributed by atoms with Gasteiger partial charge in [-0.25, -0.2) is 0 Å². The second-order valence-electron chi connectivity index (χ2n) is 10.2. The second kappa shape index (κ2) is 13.3. The number of piperidine rings is 1. The Morgan fingerprint density at radius 3 is 2.30 bits per heavy atom. The first-order valence-corrected chi connectivity index (χ1v) is 13.7. The van der Waals surface area contributed by atoms with E-state index in [0.717, 1.165) is 63.0 Å². The summed E-state index contributed by atoms with van der Waals surface area (Å²) in [6.07, 6.45) is 4.38. The standard InChI is InChI=1S/C29H42N6O2/c1-3-5-28(29(37)31-22-36)32-25-6-4-7-27(20-25)34-14-12-23(13-15-34)21-33-16-18-35(19-17-33)26-10-8-24(30-2)9-11-26/h4,6-11,20,22-23,28,30,32H,3,5,12-19,21H2,1-2H3,(H,31,36,37). The minimum atomic E-state index is -0.413. The molecule has 2 fully saturated rings. The van der Waals surface area contributed by atoms with E-state index in [1.165, 1.54) is 30.8 Å². The van der Waals surface area contributed by atoms with Crippen molar-refractivity contribution in [2.45, 2.75) is 38.6 Å². The van der Waals surface area contributed by atoms with E-state index in [1.54, 1.807) is 0 Å². The molecule has 0 saturated carbocycles. The van der Waals surface area contributed by atoms with Crippen LogP contribution < -0.4 is 25.8 Å². The first-order valence-electron chi connectivity index (χ1n) is 13.7. The summed E-state index contributed by atoms with van der Waals surface area (Å²) in [4.78, 5) is 30.5. The van der Waals surface area contributed by atoms with Gasteiger partial charge in [-0.2, -0.15) is 0 Å². The third-order valence-corrected chi connectivity index (χ3v) is 7.67. The lowest BCUT2D eigenvalue weighted by molar-refractivity contribution is -0.125. The maximum atomic E-state index is 12.2. The van der Waals surface area contributed by atoms with Gasteiger partial charge < -0.3 is 20.4 Å². The van der Waals surface area contributed by atoms with Gasteiger partial charge in [0.25, 0.3) is 0 Å². The number of imide groups is 1. The van der Waals surface area contributed by atoms with Crippen LogP contribution in [-0.4, -0.2) is 76.1 Å². The van der Waals surface area contributed by atoms with E-state index >= 15 is 0 Å². The molecule has 2 saturated heterocycles. The molecule has 2 heterocycles. The minimum Gasteiger partial charge on any atom is -0.388 e. The van der Waals surface area contributed by atoms with Crippen LogP contribution in [0.4, 0.5) is 22.7 Å². The zero-order chi connectivity index (χ0) is 26.0. The predicted octanol–water partition coefficient (Wildman–Crippen LogP) is 3.62. The van der Waals surface area contributed by atoms with Crippen LogP contribution in [0.2, 0.25) is 0 Å². The number of benzene rings is 2.